The van der Waals surface area contributed by atoms with E-state index < -0.39 is 17.9 Å². The van der Waals surface area contributed by atoms with Crippen LogP contribution in [-0.4, -0.2) is 52.2 Å². The van der Waals surface area contributed by atoms with Crippen molar-refractivity contribution >= 4 is 11.9 Å². The summed E-state index contributed by atoms with van der Waals surface area (Å²) in [6.45, 7) is 1.39. The van der Waals surface area contributed by atoms with Gasteiger partial charge >= 0.3 is 5.97 Å². The summed E-state index contributed by atoms with van der Waals surface area (Å²) in [7, 11) is 2.90. The molecular weight excluding hydrogens is 290 g/mol. The first-order valence-corrected chi connectivity index (χ1v) is 6.42. The predicted octanol–water partition coefficient (Wildman–Crippen LogP) is 1.29. The lowest BCUT2D eigenvalue weighted by molar-refractivity contribution is -0.141. The van der Waals surface area contributed by atoms with Gasteiger partial charge in [0.25, 0.3) is 17.6 Å². The summed E-state index contributed by atoms with van der Waals surface area (Å²) < 4.78 is 10.1. The van der Waals surface area contributed by atoms with Gasteiger partial charge in [0.1, 0.15) is 11.8 Å². The Balaban J connectivity index is 2.24. The number of hydrogen-bond acceptors (Lipinski definition) is 6. The molecule has 1 heterocycles. The van der Waals surface area contributed by atoms with E-state index >= 15 is 0 Å². The number of amides is 1. The number of benzene rings is 1. The fourth-order valence-corrected chi connectivity index (χ4v) is 1.68. The molecule has 1 atom stereocenters. The van der Waals surface area contributed by atoms with Gasteiger partial charge in [-0.05, 0) is 25.1 Å². The number of carboxylic acid groups (broad SMARTS) is 1. The van der Waals surface area contributed by atoms with Crippen LogP contribution in [0.3, 0.4) is 0 Å². The first kappa shape index (κ1) is 15.5. The van der Waals surface area contributed by atoms with Crippen LogP contribution in [0.15, 0.2) is 28.8 Å². The number of carbonyl (C=O) groups excluding carboxylic acids is 1. The minimum Gasteiger partial charge on any atom is -0.497 e. The predicted molar refractivity (Wildman–Crippen MR) is 75.5 cm³/mol. The van der Waals surface area contributed by atoms with Crippen LogP contribution in [-0.2, 0) is 4.79 Å². The molecule has 1 N–H and O–H groups in total. The van der Waals surface area contributed by atoms with E-state index in [1.54, 1.807) is 24.3 Å². The number of aromatic nitrogens is 2. The SMILES string of the molecule is COc1cccc(-c2nc(C(=O)N(C)C(C)C(=O)O)no2)c1. The van der Waals surface area contributed by atoms with Crippen molar-refractivity contribution in [3.63, 3.8) is 0 Å². The zero-order valence-electron chi connectivity index (χ0n) is 12.3. The first-order valence-electron chi connectivity index (χ1n) is 6.42. The number of aliphatic carboxylic acids is 1. The molecule has 0 saturated carbocycles. The highest BCUT2D eigenvalue weighted by Gasteiger charge is 2.26. The summed E-state index contributed by atoms with van der Waals surface area (Å²) in [6, 6.07) is 5.93. The molecule has 116 valence electrons. The van der Waals surface area contributed by atoms with Crippen LogP contribution < -0.4 is 4.74 Å². The number of rotatable bonds is 5. The lowest BCUT2D eigenvalue weighted by Crippen LogP contribution is -2.40. The van der Waals surface area contributed by atoms with Gasteiger partial charge in [-0.15, -0.1) is 0 Å². The van der Waals surface area contributed by atoms with Crippen molar-refractivity contribution in [2.24, 2.45) is 0 Å². The highest BCUT2D eigenvalue weighted by Crippen LogP contribution is 2.22. The summed E-state index contributed by atoms with van der Waals surface area (Å²) in [5, 5.41) is 12.5. The van der Waals surface area contributed by atoms with Gasteiger partial charge in [0, 0.05) is 12.6 Å². The maximum atomic E-state index is 12.1. The Morgan fingerprint density at radius 1 is 1.41 bits per heavy atom. The fraction of sp³-hybridized carbons (Fsp3) is 0.286. The van der Waals surface area contributed by atoms with Crippen molar-refractivity contribution in [3.05, 3.63) is 30.1 Å². The Morgan fingerprint density at radius 3 is 2.77 bits per heavy atom. The maximum Gasteiger partial charge on any atom is 0.326 e. The summed E-state index contributed by atoms with van der Waals surface area (Å²) in [5.74, 6) is -1.19. The molecule has 22 heavy (non-hydrogen) atoms. The molecule has 2 aromatic rings. The van der Waals surface area contributed by atoms with Crippen LogP contribution in [0.25, 0.3) is 11.5 Å². The van der Waals surface area contributed by atoms with Crippen LogP contribution in [0.2, 0.25) is 0 Å². The van der Waals surface area contributed by atoms with Gasteiger partial charge in [-0.3, -0.25) is 4.79 Å². The molecule has 1 unspecified atom stereocenters. The van der Waals surface area contributed by atoms with Crippen molar-refractivity contribution in [3.8, 4) is 17.2 Å². The van der Waals surface area contributed by atoms with E-state index in [2.05, 4.69) is 10.1 Å². The molecule has 0 spiro atoms. The van der Waals surface area contributed by atoms with E-state index in [-0.39, 0.29) is 11.7 Å². The van der Waals surface area contributed by atoms with Gasteiger partial charge in [-0.1, -0.05) is 11.2 Å². The van der Waals surface area contributed by atoms with Crippen LogP contribution in [0.1, 0.15) is 17.5 Å². The minimum atomic E-state index is -1.12. The van der Waals surface area contributed by atoms with Gasteiger partial charge in [0.15, 0.2) is 0 Å². The van der Waals surface area contributed by atoms with Gasteiger partial charge in [0.05, 0.1) is 7.11 Å². The highest BCUT2D eigenvalue weighted by molar-refractivity contribution is 5.93. The average molecular weight is 305 g/mol. The second kappa shape index (κ2) is 6.25. The van der Waals surface area contributed by atoms with Crippen molar-refractivity contribution in [1.29, 1.82) is 0 Å². The number of nitrogens with zero attached hydrogens (tertiary/aromatic N) is 3. The van der Waals surface area contributed by atoms with E-state index in [9.17, 15) is 9.59 Å². The molecule has 0 aliphatic carbocycles. The molecule has 0 aliphatic heterocycles. The molecule has 0 aliphatic rings. The van der Waals surface area contributed by atoms with Gasteiger partial charge in [-0.2, -0.15) is 4.98 Å². The smallest absolute Gasteiger partial charge is 0.326 e. The molecular formula is C14H15N3O5. The van der Waals surface area contributed by atoms with E-state index in [1.165, 1.54) is 21.1 Å². The number of carboxylic acids is 1. The highest BCUT2D eigenvalue weighted by atomic mass is 16.5. The molecule has 1 amide bonds. The monoisotopic (exact) mass is 305 g/mol. The summed E-state index contributed by atoms with van der Waals surface area (Å²) in [6.07, 6.45) is 0. The van der Waals surface area contributed by atoms with Crippen molar-refractivity contribution < 1.29 is 24.0 Å². The molecule has 0 saturated heterocycles. The van der Waals surface area contributed by atoms with Crippen molar-refractivity contribution in [1.82, 2.24) is 15.0 Å². The molecule has 0 radical (unpaired) electrons. The first-order chi connectivity index (χ1) is 10.4. The maximum absolute atomic E-state index is 12.1. The van der Waals surface area contributed by atoms with Crippen LogP contribution in [0.5, 0.6) is 5.75 Å². The van der Waals surface area contributed by atoms with Gasteiger partial charge < -0.3 is 19.3 Å². The van der Waals surface area contributed by atoms with E-state index in [4.69, 9.17) is 14.4 Å². The zero-order chi connectivity index (χ0) is 16.3. The topological polar surface area (TPSA) is 106 Å². The number of ether oxygens (including phenoxy) is 1. The van der Waals surface area contributed by atoms with Gasteiger partial charge in [0.2, 0.25) is 0 Å². The van der Waals surface area contributed by atoms with Crippen molar-refractivity contribution in [2.75, 3.05) is 14.2 Å². The van der Waals surface area contributed by atoms with E-state index in [0.29, 0.717) is 11.3 Å². The lowest BCUT2D eigenvalue weighted by atomic mass is 10.2. The lowest BCUT2D eigenvalue weighted by Gasteiger charge is -2.19. The second-order valence-corrected chi connectivity index (χ2v) is 4.59. The van der Waals surface area contributed by atoms with E-state index in [0.717, 1.165) is 4.90 Å². The zero-order valence-corrected chi connectivity index (χ0v) is 12.3. The molecule has 0 bridgehead atoms. The van der Waals surface area contributed by atoms with Crippen LogP contribution in [0, 0.1) is 0 Å². The molecule has 1 aromatic heterocycles. The number of carbonyl (C=O) groups is 2. The van der Waals surface area contributed by atoms with Crippen LogP contribution >= 0.6 is 0 Å². The Labute approximate surface area is 126 Å². The third kappa shape index (κ3) is 3.05. The Hall–Kier alpha value is -2.90. The molecule has 8 nitrogen and oxygen atoms in total. The molecule has 8 heteroatoms. The van der Waals surface area contributed by atoms with E-state index in [1.807, 2.05) is 0 Å². The number of methoxy groups -OCH3 is 1. The fourth-order valence-electron chi connectivity index (χ4n) is 1.68. The second-order valence-electron chi connectivity index (χ2n) is 4.59. The minimum absolute atomic E-state index is 0.152. The third-order valence-electron chi connectivity index (χ3n) is 3.19. The number of likely N-dealkylation sites (N-methyl/N-ethyl adjacent to an activating group) is 1. The molecule has 0 fully saturated rings. The molecule has 2 rings (SSSR count). The third-order valence-corrected chi connectivity index (χ3v) is 3.19. The van der Waals surface area contributed by atoms with Crippen molar-refractivity contribution in [2.45, 2.75) is 13.0 Å². The average Bonchev–Trinajstić information content (AvgIpc) is 3.02. The molecule has 1 aromatic carbocycles. The van der Waals surface area contributed by atoms with Gasteiger partial charge in [-0.25, -0.2) is 4.79 Å². The normalized spacial score (nSPS) is 11.8. The largest absolute Gasteiger partial charge is 0.497 e. The Kier molecular flexibility index (Phi) is 4.40. The summed E-state index contributed by atoms with van der Waals surface area (Å²) >= 11 is 0. The Morgan fingerprint density at radius 2 is 2.14 bits per heavy atom. The van der Waals surface area contributed by atoms with Crippen LogP contribution in [0.4, 0.5) is 0 Å². The Bertz CT molecular complexity index is 697. The summed E-state index contributed by atoms with van der Waals surface area (Å²) in [4.78, 5) is 28.0. The quantitative estimate of drug-likeness (QED) is 0.887. The summed E-state index contributed by atoms with van der Waals surface area (Å²) in [5.41, 5.74) is 0.597. The standard InChI is InChI=1S/C14H15N3O5/c1-8(14(19)20)17(2)13(18)11-15-12(22-16-11)9-5-4-6-10(7-9)21-3/h4-8H,1-3H3,(H,19,20). The number of hydrogen-bond donors (Lipinski definition) is 1.